The van der Waals surface area contributed by atoms with Gasteiger partial charge in [-0.15, -0.1) is 12.4 Å². The van der Waals surface area contributed by atoms with E-state index in [2.05, 4.69) is 10.0 Å². The second kappa shape index (κ2) is 7.05. The van der Waals surface area contributed by atoms with Crippen molar-refractivity contribution in [1.82, 2.24) is 14.3 Å². The van der Waals surface area contributed by atoms with Crippen LogP contribution in [0, 0.1) is 5.92 Å². The third-order valence-corrected chi connectivity index (χ3v) is 5.46. The maximum absolute atomic E-state index is 12.1. The van der Waals surface area contributed by atoms with Crippen LogP contribution >= 0.6 is 12.4 Å². The Morgan fingerprint density at radius 2 is 2.11 bits per heavy atom. The molecule has 2 N–H and O–H groups in total. The average molecular weight is 298 g/mol. The van der Waals surface area contributed by atoms with E-state index in [1.54, 1.807) is 4.31 Å². The van der Waals surface area contributed by atoms with E-state index in [4.69, 9.17) is 0 Å². The predicted molar refractivity (Wildman–Crippen MR) is 75.2 cm³/mol. The van der Waals surface area contributed by atoms with E-state index in [1.165, 1.54) is 0 Å². The van der Waals surface area contributed by atoms with Gasteiger partial charge in [0.25, 0.3) is 10.2 Å². The molecule has 108 valence electrons. The summed E-state index contributed by atoms with van der Waals surface area (Å²) in [5, 5.41) is 3.25. The number of hydrogen-bond donors (Lipinski definition) is 2. The van der Waals surface area contributed by atoms with Crippen LogP contribution in [0.2, 0.25) is 0 Å². The topological polar surface area (TPSA) is 61.4 Å². The van der Waals surface area contributed by atoms with Gasteiger partial charge in [-0.25, -0.2) is 4.72 Å². The second-order valence-corrected chi connectivity index (χ2v) is 6.88. The van der Waals surface area contributed by atoms with E-state index >= 15 is 0 Å². The lowest BCUT2D eigenvalue weighted by Crippen LogP contribution is -2.48. The summed E-state index contributed by atoms with van der Waals surface area (Å²) in [5.41, 5.74) is 0. The highest BCUT2D eigenvalue weighted by molar-refractivity contribution is 7.87. The third-order valence-electron chi connectivity index (χ3n) is 3.77. The third kappa shape index (κ3) is 4.06. The summed E-state index contributed by atoms with van der Waals surface area (Å²) in [7, 11) is -3.26. The fraction of sp³-hybridized carbons (Fsp3) is 1.00. The van der Waals surface area contributed by atoms with Crippen molar-refractivity contribution >= 4 is 22.6 Å². The molecule has 0 aromatic carbocycles. The molecule has 2 saturated heterocycles. The van der Waals surface area contributed by atoms with Crippen molar-refractivity contribution in [3.63, 3.8) is 0 Å². The average Bonchev–Trinajstić information content (AvgIpc) is 2.80. The normalized spacial score (nSPS) is 30.1. The Morgan fingerprint density at radius 3 is 2.72 bits per heavy atom. The van der Waals surface area contributed by atoms with Crippen LogP contribution < -0.4 is 10.0 Å². The van der Waals surface area contributed by atoms with E-state index in [0.717, 1.165) is 38.8 Å². The highest BCUT2D eigenvalue weighted by Gasteiger charge is 2.29. The molecule has 18 heavy (non-hydrogen) atoms. The fourth-order valence-electron chi connectivity index (χ4n) is 2.62. The van der Waals surface area contributed by atoms with Gasteiger partial charge in [0.05, 0.1) is 0 Å². The number of piperidine rings is 1. The molecule has 2 heterocycles. The van der Waals surface area contributed by atoms with E-state index in [9.17, 15) is 8.42 Å². The lowest BCUT2D eigenvalue weighted by Gasteiger charge is -2.32. The molecule has 0 aliphatic carbocycles. The second-order valence-electron chi connectivity index (χ2n) is 5.17. The van der Waals surface area contributed by atoms with Crippen molar-refractivity contribution in [1.29, 1.82) is 0 Å². The van der Waals surface area contributed by atoms with Crippen LogP contribution in [-0.2, 0) is 10.2 Å². The molecule has 0 saturated carbocycles. The quantitative estimate of drug-likeness (QED) is 0.804. The number of rotatable bonds is 4. The lowest BCUT2D eigenvalue weighted by molar-refractivity contribution is 0.264. The highest BCUT2D eigenvalue weighted by atomic mass is 35.5. The van der Waals surface area contributed by atoms with Gasteiger partial charge in [-0.3, -0.25) is 0 Å². The standard InChI is InChI=1S/C11H23N3O2S.ClH/c1-10-4-2-3-7-14(10)17(15,16)13-9-11-5-6-12-8-11;/h10-13H,2-9H2,1H3;1H. The van der Waals surface area contributed by atoms with Crippen LogP contribution in [-0.4, -0.2) is 44.9 Å². The van der Waals surface area contributed by atoms with Gasteiger partial charge in [-0.05, 0) is 45.2 Å². The van der Waals surface area contributed by atoms with E-state index in [-0.39, 0.29) is 18.4 Å². The van der Waals surface area contributed by atoms with Gasteiger partial charge in [0.15, 0.2) is 0 Å². The van der Waals surface area contributed by atoms with Crippen LogP contribution in [0.25, 0.3) is 0 Å². The minimum atomic E-state index is -3.26. The highest BCUT2D eigenvalue weighted by Crippen LogP contribution is 2.19. The summed E-state index contributed by atoms with van der Waals surface area (Å²) in [6.07, 6.45) is 4.17. The molecule has 0 aromatic heterocycles. The monoisotopic (exact) mass is 297 g/mol. The Hall–Kier alpha value is 0.120. The molecule has 2 unspecified atom stereocenters. The largest absolute Gasteiger partial charge is 0.316 e. The van der Waals surface area contributed by atoms with Crippen LogP contribution in [0.15, 0.2) is 0 Å². The first-order valence-electron chi connectivity index (χ1n) is 6.57. The first-order chi connectivity index (χ1) is 8.09. The summed E-state index contributed by atoms with van der Waals surface area (Å²) < 4.78 is 28.7. The Balaban J connectivity index is 0.00000162. The first-order valence-corrected chi connectivity index (χ1v) is 8.01. The molecule has 7 heteroatoms. The van der Waals surface area contributed by atoms with Crippen molar-refractivity contribution in [3.8, 4) is 0 Å². The van der Waals surface area contributed by atoms with Gasteiger partial charge >= 0.3 is 0 Å². The molecule has 2 rings (SSSR count). The molecule has 2 fully saturated rings. The molecule has 0 aromatic rings. The minimum Gasteiger partial charge on any atom is -0.316 e. The molecular formula is C11H24ClN3O2S. The van der Waals surface area contributed by atoms with Crippen molar-refractivity contribution in [2.75, 3.05) is 26.2 Å². The van der Waals surface area contributed by atoms with Gasteiger partial charge in [0.2, 0.25) is 0 Å². The Bertz CT molecular complexity index is 344. The fourth-order valence-corrected chi connectivity index (χ4v) is 4.18. The molecule has 5 nitrogen and oxygen atoms in total. The molecule has 0 amide bonds. The molecule has 0 bridgehead atoms. The van der Waals surface area contributed by atoms with E-state index < -0.39 is 10.2 Å². The smallest absolute Gasteiger partial charge is 0.279 e. The van der Waals surface area contributed by atoms with Gasteiger partial charge in [0, 0.05) is 19.1 Å². The Kier molecular flexibility index (Phi) is 6.34. The number of halogens is 1. The first kappa shape index (κ1) is 16.2. The van der Waals surface area contributed by atoms with Gasteiger partial charge in [-0.1, -0.05) is 6.42 Å². The van der Waals surface area contributed by atoms with Crippen LogP contribution in [0.1, 0.15) is 32.6 Å². The zero-order valence-corrected chi connectivity index (χ0v) is 12.5. The predicted octanol–water partition coefficient (Wildman–Crippen LogP) is 0.726. The molecule has 2 aliphatic rings. The van der Waals surface area contributed by atoms with E-state index in [0.29, 0.717) is 19.0 Å². The summed E-state index contributed by atoms with van der Waals surface area (Å²) in [6, 6.07) is 0.142. The summed E-state index contributed by atoms with van der Waals surface area (Å²) >= 11 is 0. The maximum Gasteiger partial charge on any atom is 0.279 e. The Labute approximate surface area is 116 Å². The van der Waals surface area contributed by atoms with Crippen LogP contribution in [0.4, 0.5) is 0 Å². The Morgan fingerprint density at radius 1 is 1.33 bits per heavy atom. The summed E-state index contributed by atoms with van der Waals surface area (Å²) in [5.74, 6) is 0.449. The van der Waals surface area contributed by atoms with Crippen molar-refractivity contribution in [3.05, 3.63) is 0 Å². The van der Waals surface area contributed by atoms with Gasteiger partial charge in [-0.2, -0.15) is 12.7 Å². The summed E-state index contributed by atoms with van der Waals surface area (Å²) in [4.78, 5) is 0. The molecule has 0 radical (unpaired) electrons. The maximum atomic E-state index is 12.1. The summed E-state index contributed by atoms with van der Waals surface area (Å²) in [6.45, 7) is 5.16. The zero-order chi connectivity index (χ0) is 12.3. The van der Waals surface area contributed by atoms with Crippen LogP contribution in [0.5, 0.6) is 0 Å². The molecule has 2 aliphatic heterocycles. The minimum absolute atomic E-state index is 0. The molecular weight excluding hydrogens is 274 g/mol. The number of nitrogens with one attached hydrogen (secondary N) is 2. The number of nitrogens with zero attached hydrogens (tertiary/aromatic N) is 1. The molecule has 2 atom stereocenters. The van der Waals surface area contributed by atoms with E-state index in [1.807, 2.05) is 6.92 Å². The SMILES string of the molecule is CC1CCCCN1S(=O)(=O)NCC1CCNC1.Cl. The zero-order valence-electron chi connectivity index (χ0n) is 10.9. The van der Waals surface area contributed by atoms with Gasteiger partial charge in [0.1, 0.15) is 0 Å². The molecule has 0 spiro atoms. The van der Waals surface area contributed by atoms with Crippen LogP contribution in [0.3, 0.4) is 0 Å². The van der Waals surface area contributed by atoms with Crippen molar-refractivity contribution < 1.29 is 8.42 Å². The van der Waals surface area contributed by atoms with Crippen molar-refractivity contribution in [2.24, 2.45) is 5.92 Å². The van der Waals surface area contributed by atoms with Gasteiger partial charge < -0.3 is 5.32 Å². The lowest BCUT2D eigenvalue weighted by atomic mass is 10.1. The number of hydrogen-bond acceptors (Lipinski definition) is 3. The van der Waals surface area contributed by atoms with Crippen molar-refractivity contribution in [2.45, 2.75) is 38.6 Å².